The van der Waals surface area contributed by atoms with Gasteiger partial charge in [-0.2, -0.15) is 0 Å². The van der Waals surface area contributed by atoms with E-state index in [2.05, 4.69) is 53.2 Å². The van der Waals surface area contributed by atoms with Crippen LogP contribution in [0.25, 0.3) is 0 Å². The van der Waals surface area contributed by atoms with E-state index in [1.165, 1.54) is 5.69 Å². The maximum atomic E-state index is 4.16. The standard InChI is InChI=1S/C8H13BrN2/c1-6-7(9)10-5-11(6)8(2,3)4/h5H,1-4H3. The molecule has 0 aliphatic carbocycles. The van der Waals surface area contributed by atoms with Gasteiger partial charge in [0.05, 0.1) is 6.33 Å². The maximum absolute atomic E-state index is 4.16. The number of nitrogens with zero attached hydrogens (tertiary/aromatic N) is 2. The van der Waals surface area contributed by atoms with Gasteiger partial charge in [-0.25, -0.2) is 4.98 Å². The average molecular weight is 217 g/mol. The lowest BCUT2D eigenvalue weighted by molar-refractivity contribution is 0.388. The summed E-state index contributed by atoms with van der Waals surface area (Å²) in [7, 11) is 0. The molecule has 0 amide bonds. The molecule has 3 heteroatoms. The lowest BCUT2D eigenvalue weighted by Crippen LogP contribution is -2.21. The summed E-state index contributed by atoms with van der Waals surface area (Å²) in [4.78, 5) is 4.16. The average Bonchev–Trinajstić information content (AvgIpc) is 2.11. The number of hydrogen-bond donors (Lipinski definition) is 0. The van der Waals surface area contributed by atoms with Crippen LogP contribution >= 0.6 is 15.9 Å². The van der Waals surface area contributed by atoms with Crippen molar-refractivity contribution in [3.8, 4) is 0 Å². The minimum Gasteiger partial charge on any atom is -0.328 e. The van der Waals surface area contributed by atoms with Gasteiger partial charge in [-0.3, -0.25) is 0 Å². The van der Waals surface area contributed by atoms with Crippen LogP contribution in [0.1, 0.15) is 26.5 Å². The molecule has 11 heavy (non-hydrogen) atoms. The molecule has 0 aromatic carbocycles. The van der Waals surface area contributed by atoms with E-state index in [1.54, 1.807) is 0 Å². The summed E-state index contributed by atoms with van der Waals surface area (Å²) in [5.41, 5.74) is 1.31. The van der Waals surface area contributed by atoms with Crippen LogP contribution in [0.3, 0.4) is 0 Å². The highest BCUT2D eigenvalue weighted by atomic mass is 79.9. The molecule has 1 aromatic heterocycles. The summed E-state index contributed by atoms with van der Waals surface area (Å²) >= 11 is 3.38. The Morgan fingerprint density at radius 1 is 1.45 bits per heavy atom. The number of imidazole rings is 1. The fourth-order valence-electron chi connectivity index (χ4n) is 1.06. The molecule has 1 rings (SSSR count). The van der Waals surface area contributed by atoms with Gasteiger partial charge in [-0.05, 0) is 43.6 Å². The number of rotatable bonds is 0. The summed E-state index contributed by atoms with van der Waals surface area (Å²) in [5, 5.41) is 0. The van der Waals surface area contributed by atoms with Crippen molar-refractivity contribution in [2.24, 2.45) is 0 Å². The van der Waals surface area contributed by atoms with Gasteiger partial charge in [-0.1, -0.05) is 0 Å². The molecule has 0 fully saturated rings. The zero-order valence-electron chi connectivity index (χ0n) is 7.35. The van der Waals surface area contributed by atoms with Crippen molar-refractivity contribution in [1.82, 2.24) is 9.55 Å². The molecule has 0 bridgehead atoms. The largest absolute Gasteiger partial charge is 0.328 e. The molecule has 0 saturated heterocycles. The van der Waals surface area contributed by atoms with Gasteiger partial charge in [0.1, 0.15) is 4.60 Å². The van der Waals surface area contributed by atoms with Crippen molar-refractivity contribution in [1.29, 1.82) is 0 Å². The Hall–Kier alpha value is -0.310. The summed E-state index contributed by atoms with van der Waals surface area (Å²) in [6.45, 7) is 8.54. The molecule has 0 spiro atoms. The van der Waals surface area contributed by atoms with E-state index in [4.69, 9.17) is 0 Å². The Balaban J connectivity index is 3.15. The first-order valence-electron chi connectivity index (χ1n) is 3.63. The van der Waals surface area contributed by atoms with Gasteiger partial charge in [0, 0.05) is 11.2 Å². The first-order valence-corrected chi connectivity index (χ1v) is 4.42. The van der Waals surface area contributed by atoms with E-state index in [9.17, 15) is 0 Å². The molecular formula is C8H13BrN2. The first kappa shape index (κ1) is 8.78. The molecular weight excluding hydrogens is 204 g/mol. The third kappa shape index (κ3) is 1.64. The van der Waals surface area contributed by atoms with Crippen LogP contribution in [-0.4, -0.2) is 9.55 Å². The minimum absolute atomic E-state index is 0.128. The lowest BCUT2D eigenvalue weighted by atomic mass is 10.1. The lowest BCUT2D eigenvalue weighted by Gasteiger charge is -2.22. The smallest absolute Gasteiger partial charge is 0.127 e. The number of hydrogen-bond acceptors (Lipinski definition) is 1. The molecule has 0 saturated carbocycles. The summed E-state index contributed by atoms with van der Waals surface area (Å²) in [6.07, 6.45) is 1.86. The summed E-state index contributed by atoms with van der Waals surface area (Å²) < 4.78 is 3.09. The highest BCUT2D eigenvalue weighted by Gasteiger charge is 2.15. The quantitative estimate of drug-likeness (QED) is 0.653. The van der Waals surface area contributed by atoms with E-state index in [0.29, 0.717) is 0 Å². The Morgan fingerprint density at radius 2 is 2.00 bits per heavy atom. The van der Waals surface area contributed by atoms with Gasteiger partial charge in [0.2, 0.25) is 0 Å². The number of aromatic nitrogens is 2. The minimum atomic E-state index is 0.128. The van der Waals surface area contributed by atoms with Crippen molar-refractivity contribution >= 4 is 15.9 Å². The normalized spacial score (nSPS) is 12.1. The second kappa shape index (κ2) is 2.63. The van der Waals surface area contributed by atoms with Gasteiger partial charge < -0.3 is 4.57 Å². The highest BCUT2D eigenvalue weighted by molar-refractivity contribution is 9.10. The molecule has 2 nitrogen and oxygen atoms in total. The van der Waals surface area contributed by atoms with Crippen LogP contribution in [0.4, 0.5) is 0 Å². The fourth-order valence-corrected chi connectivity index (χ4v) is 1.35. The summed E-state index contributed by atoms with van der Waals surface area (Å²) in [5.74, 6) is 0. The monoisotopic (exact) mass is 216 g/mol. The predicted octanol–water partition coefficient (Wildman–Crippen LogP) is 2.71. The Kier molecular flexibility index (Phi) is 2.10. The van der Waals surface area contributed by atoms with Gasteiger partial charge >= 0.3 is 0 Å². The van der Waals surface area contributed by atoms with Crippen molar-refractivity contribution in [3.63, 3.8) is 0 Å². The van der Waals surface area contributed by atoms with E-state index >= 15 is 0 Å². The zero-order chi connectivity index (χ0) is 8.65. The van der Waals surface area contributed by atoms with E-state index in [-0.39, 0.29) is 5.54 Å². The van der Waals surface area contributed by atoms with Crippen molar-refractivity contribution < 1.29 is 0 Å². The van der Waals surface area contributed by atoms with Crippen LogP contribution in [0.5, 0.6) is 0 Å². The van der Waals surface area contributed by atoms with Crippen LogP contribution in [0.15, 0.2) is 10.9 Å². The summed E-state index contributed by atoms with van der Waals surface area (Å²) in [6, 6.07) is 0. The van der Waals surface area contributed by atoms with Gasteiger partial charge in [-0.15, -0.1) is 0 Å². The number of halogens is 1. The second-order valence-electron chi connectivity index (χ2n) is 3.66. The van der Waals surface area contributed by atoms with Crippen molar-refractivity contribution in [3.05, 3.63) is 16.6 Å². The zero-order valence-corrected chi connectivity index (χ0v) is 8.94. The van der Waals surface area contributed by atoms with Crippen LogP contribution in [-0.2, 0) is 5.54 Å². The predicted molar refractivity (Wildman–Crippen MR) is 49.7 cm³/mol. The third-order valence-electron chi connectivity index (χ3n) is 1.67. The van der Waals surface area contributed by atoms with E-state index in [1.807, 2.05) is 6.33 Å². The molecule has 0 radical (unpaired) electrons. The molecule has 62 valence electrons. The fraction of sp³-hybridized carbons (Fsp3) is 0.625. The van der Waals surface area contributed by atoms with Crippen molar-refractivity contribution in [2.75, 3.05) is 0 Å². The first-order chi connectivity index (χ1) is 4.93. The molecule has 0 unspecified atom stereocenters. The molecule has 0 N–H and O–H groups in total. The molecule has 1 aromatic rings. The topological polar surface area (TPSA) is 17.8 Å². The van der Waals surface area contributed by atoms with Gasteiger partial charge in [0.25, 0.3) is 0 Å². The molecule has 1 heterocycles. The molecule has 0 aliphatic rings. The van der Waals surface area contributed by atoms with Crippen LogP contribution < -0.4 is 0 Å². The van der Waals surface area contributed by atoms with Gasteiger partial charge in [0.15, 0.2) is 0 Å². The SMILES string of the molecule is Cc1c(Br)ncn1C(C)(C)C. The molecule has 0 atom stereocenters. The highest BCUT2D eigenvalue weighted by Crippen LogP contribution is 2.21. The van der Waals surface area contributed by atoms with Crippen LogP contribution in [0.2, 0.25) is 0 Å². The van der Waals surface area contributed by atoms with Crippen LogP contribution in [0, 0.1) is 6.92 Å². The molecule has 0 aliphatic heterocycles. The Bertz CT molecular complexity index is 258. The Labute approximate surface area is 75.8 Å². The van der Waals surface area contributed by atoms with E-state index in [0.717, 1.165) is 4.60 Å². The third-order valence-corrected chi connectivity index (χ3v) is 2.45. The van der Waals surface area contributed by atoms with E-state index < -0.39 is 0 Å². The van der Waals surface area contributed by atoms with Crippen molar-refractivity contribution in [2.45, 2.75) is 33.2 Å². The Morgan fingerprint density at radius 3 is 2.18 bits per heavy atom. The second-order valence-corrected chi connectivity index (χ2v) is 4.41. The maximum Gasteiger partial charge on any atom is 0.127 e.